The van der Waals surface area contributed by atoms with E-state index in [1.54, 1.807) is 24.3 Å². The summed E-state index contributed by atoms with van der Waals surface area (Å²) in [7, 11) is 0. The standard InChI is InChI=1S/C26H23Cl3F2N2S/c1-15-11-18(30)5-4-10-33-24(26(15,3)17-6-8-20(27)21(28)12-17)14-32-25(33)16(2)34-23-9-7-19(31)13-22(23)29/h4-9,11-16H,10H2,1-3H3/b5-4-,18-11+. The highest BCUT2D eigenvalue weighted by molar-refractivity contribution is 7.99. The Labute approximate surface area is 217 Å². The number of allylic oxidation sites excluding steroid dienone is 4. The van der Waals surface area contributed by atoms with E-state index in [0.29, 0.717) is 21.6 Å². The molecule has 0 amide bonds. The molecule has 2 nitrogen and oxygen atoms in total. The van der Waals surface area contributed by atoms with E-state index in [-0.39, 0.29) is 22.8 Å². The number of benzene rings is 2. The van der Waals surface area contributed by atoms with Crippen molar-refractivity contribution in [1.29, 1.82) is 0 Å². The van der Waals surface area contributed by atoms with Gasteiger partial charge in [0.05, 0.1) is 20.3 Å². The smallest absolute Gasteiger partial charge is 0.124 e. The van der Waals surface area contributed by atoms with E-state index in [1.165, 1.54) is 30.0 Å². The maximum Gasteiger partial charge on any atom is 0.124 e. The van der Waals surface area contributed by atoms with Gasteiger partial charge in [-0.05, 0) is 67.8 Å². The molecule has 2 heterocycles. The number of fused-ring (bicyclic) bond motifs is 1. The van der Waals surface area contributed by atoms with Gasteiger partial charge in [-0.3, -0.25) is 0 Å². The van der Waals surface area contributed by atoms with Gasteiger partial charge in [-0.1, -0.05) is 53.9 Å². The molecular weight excluding hydrogens is 517 g/mol. The zero-order valence-corrected chi connectivity index (χ0v) is 21.9. The van der Waals surface area contributed by atoms with Crippen molar-refractivity contribution in [3.63, 3.8) is 0 Å². The summed E-state index contributed by atoms with van der Waals surface area (Å²) in [5.74, 6) is -0.0779. The molecule has 2 aromatic carbocycles. The molecular formula is C26H23Cl3F2N2S. The van der Waals surface area contributed by atoms with Gasteiger partial charge in [0.15, 0.2) is 0 Å². The predicted molar refractivity (Wildman–Crippen MR) is 138 cm³/mol. The molecule has 34 heavy (non-hydrogen) atoms. The number of rotatable bonds is 4. The van der Waals surface area contributed by atoms with E-state index < -0.39 is 5.41 Å². The SMILES string of the molecule is CC(Sc1ccc(F)cc1Cl)c1ncc2n1C/C=C\C(F)=C/C(C)C2(C)c1ccc(Cl)c(Cl)c1. The third kappa shape index (κ3) is 4.81. The fourth-order valence-corrected chi connectivity index (χ4v) is 5.92. The lowest BCUT2D eigenvalue weighted by Gasteiger charge is -2.36. The van der Waals surface area contributed by atoms with Crippen LogP contribution in [0.2, 0.25) is 15.1 Å². The largest absolute Gasteiger partial charge is 0.326 e. The van der Waals surface area contributed by atoms with E-state index in [0.717, 1.165) is 22.0 Å². The molecule has 0 aliphatic carbocycles. The lowest BCUT2D eigenvalue weighted by molar-refractivity contribution is 0.411. The molecule has 0 N–H and O–H groups in total. The van der Waals surface area contributed by atoms with Crippen molar-refractivity contribution in [3.05, 3.63) is 105 Å². The van der Waals surface area contributed by atoms with Crippen molar-refractivity contribution in [2.75, 3.05) is 0 Å². The zero-order chi connectivity index (χ0) is 24.6. The van der Waals surface area contributed by atoms with Crippen LogP contribution in [0.4, 0.5) is 8.78 Å². The van der Waals surface area contributed by atoms with Gasteiger partial charge in [-0.2, -0.15) is 0 Å². The molecule has 0 fully saturated rings. The number of nitrogens with zero attached hydrogens (tertiary/aromatic N) is 2. The maximum atomic E-state index is 14.7. The minimum atomic E-state index is -0.638. The summed E-state index contributed by atoms with van der Waals surface area (Å²) in [5, 5.41) is 1.16. The second-order valence-corrected chi connectivity index (χ2v) is 11.1. The predicted octanol–water partition coefficient (Wildman–Crippen LogP) is 9.20. The molecule has 1 aliphatic heterocycles. The van der Waals surface area contributed by atoms with Gasteiger partial charge in [0.1, 0.15) is 17.5 Å². The van der Waals surface area contributed by atoms with Crippen LogP contribution in [0.1, 0.15) is 43.1 Å². The Morgan fingerprint density at radius 2 is 1.85 bits per heavy atom. The van der Waals surface area contributed by atoms with Crippen LogP contribution in [0.15, 0.2) is 71.5 Å². The molecule has 1 aliphatic rings. The number of hydrogen-bond acceptors (Lipinski definition) is 2. The van der Waals surface area contributed by atoms with Gasteiger partial charge < -0.3 is 4.57 Å². The van der Waals surface area contributed by atoms with Crippen LogP contribution in [0.5, 0.6) is 0 Å². The van der Waals surface area contributed by atoms with Gasteiger partial charge >= 0.3 is 0 Å². The number of aromatic nitrogens is 2. The Morgan fingerprint density at radius 3 is 2.56 bits per heavy atom. The summed E-state index contributed by atoms with van der Waals surface area (Å²) in [6.07, 6.45) is 6.75. The van der Waals surface area contributed by atoms with Crippen LogP contribution in [-0.2, 0) is 12.0 Å². The fraction of sp³-hybridized carbons (Fsp3) is 0.269. The fourth-order valence-electron chi connectivity index (χ4n) is 4.33. The van der Waals surface area contributed by atoms with Gasteiger partial charge in [-0.25, -0.2) is 13.8 Å². The average molecular weight is 540 g/mol. The Hall–Kier alpha value is -1.79. The Bertz CT molecular complexity index is 1290. The first kappa shape index (κ1) is 25.3. The maximum absolute atomic E-state index is 14.7. The Balaban J connectivity index is 1.83. The van der Waals surface area contributed by atoms with E-state index in [2.05, 4.69) is 11.5 Å². The molecule has 0 spiro atoms. The molecule has 0 saturated heterocycles. The molecule has 0 saturated carbocycles. The second kappa shape index (κ2) is 10.1. The van der Waals surface area contributed by atoms with E-state index >= 15 is 0 Å². The third-order valence-electron chi connectivity index (χ3n) is 6.38. The molecule has 0 bridgehead atoms. The van der Waals surface area contributed by atoms with E-state index in [4.69, 9.17) is 39.8 Å². The first-order chi connectivity index (χ1) is 16.1. The Morgan fingerprint density at radius 1 is 1.09 bits per heavy atom. The molecule has 3 aromatic rings. The summed E-state index contributed by atoms with van der Waals surface area (Å²) in [6.45, 7) is 6.51. The van der Waals surface area contributed by atoms with Crippen LogP contribution in [0.3, 0.4) is 0 Å². The molecule has 4 rings (SSSR count). The van der Waals surface area contributed by atoms with E-state index in [1.807, 2.05) is 32.2 Å². The number of thioether (sulfide) groups is 1. The lowest BCUT2D eigenvalue weighted by Crippen LogP contribution is -2.33. The van der Waals surface area contributed by atoms with Gasteiger partial charge in [0.25, 0.3) is 0 Å². The first-order valence-corrected chi connectivity index (χ1v) is 12.8. The van der Waals surface area contributed by atoms with Gasteiger partial charge in [-0.15, -0.1) is 11.8 Å². The number of imidazole rings is 1. The highest BCUT2D eigenvalue weighted by atomic mass is 35.5. The minimum Gasteiger partial charge on any atom is -0.326 e. The summed E-state index contributed by atoms with van der Waals surface area (Å²) in [4.78, 5) is 5.55. The molecule has 8 heteroatoms. The van der Waals surface area contributed by atoms with E-state index in [9.17, 15) is 8.78 Å². The summed E-state index contributed by atoms with van der Waals surface area (Å²) in [5.41, 5.74) is 1.21. The zero-order valence-electron chi connectivity index (χ0n) is 18.8. The average Bonchev–Trinajstić information content (AvgIpc) is 3.21. The van der Waals surface area contributed by atoms with Crippen LogP contribution in [0.25, 0.3) is 0 Å². The van der Waals surface area contributed by atoms with Crippen LogP contribution < -0.4 is 0 Å². The minimum absolute atomic E-state index is 0.1000. The lowest BCUT2D eigenvalue weighted by atomic mass is 9.70. The summed E-state index contributed by atoms with van der Waals surface area (Å²) < 4.78 is 30.3. The third-order valence-corrected chi connectivity index (χ3v) is 8.72. The van der Waals surface area contributed by atoms with Crippen molar-refractivity contribution in [2.24, 2.45) is 5.92 Å². The quantitative estimate of drug-likeness (QED) is 0.308. The molecule has 3 atom stereocenters. The van der Waals surface area contributed by atoms with Gasteiger partial charge in [0.2, 0.25) is 0 Å². The highest BCUT2D eigenvalue weighted by Crippen LogP contribution is 2.45. The topological polar surface area (TPSA) is 17.8 Å². The molecule has 3 unspecified atom stereocenters. The first-order valence-electron chi connectivity index (χ1n) is 10.8. The van der Waals surface area contributed by atoms with Crippen molar-refractivity contribution in [3.8, 4) is 0 Å². The molecule has 178 valence electrons. The second-order valence-electron chi connectivity index (χ2n) is 8.52. The highest BCUT2D eigenvalue weighted by Gasteiger charge is 2.39. The Kier molecular flexibility index (Phi) is 7.49. The number of hydrogen-bond donors (Lipinski definition) is 0. The summed E-state index contributed by atoms with van der Waals surface area (Å²) >= 11 is 20.3. The monoisotopic (exact) mass is 538 g/mol. The van der Waals surface area contributed by atoms with Crippen molar-refractivity contribution >= 4 is 46.6 Å². The van der Waals surface area contributed by atoms with Crippen LogP contribution in [0, 0.1) is 11.7 Å². The normalized spacial score (nSPS) is 23.8. The molecule has 1 aromatic heterocycles. The van der Waals surface area contributed by atoms with Crippen LogP contribution in [-0.4, -0.2) is 9.55 Å². The van der Waals surface area contributed by atoms with Crippen LogP contribution >= 0.6 is 46.6 Å². The molecule has 0 radical (unpaired) electrons. The van der Waals surface area contributed by atoms with Crippen molar-refractivity contribution in [2.45, 2.75) is 42.9 Å². The summed E-state index contributed by atoms with van der Waals surface area (Å²) in [6, 6.07) is 9.89. The van der Waals surface area contributed by atoms with Gasteiger partial charge in [0, 0.05) is 28.7 Å². The van der Waals surface area contributed by atoms with Crippen molar-refractivity contribution < 1.29 is 8.78 Å². The van der Waals surface area contributed by atoms with Crippen molar-refractivity contribution in [1.82, 2.24) is 9.55 Å². The number of halogens is 5.